The number of carbonyl (C=O) groups is 1. The maximum Gasteiger partial charge on any atom is 0.245 e. The Bertz CT molecular complexity index is 1190. The summed E-state index contributed by atoms with van der Waals surface area (Å²) in [5, 5.41) is 2.98. The quantitative estimate of drug-likeness (QED) is 0.444. The molecule has 0 fully saturated rings. The molecule has 0 bridgehead atoms. The zero-order valence-electron chi connectivity index (χ0n) is 17.3. The number of carbonyl (C=O) groups excluding carboxylic acids is 1. The van der Waals surface area contributed by atoms with Crippen LogP contribution in [0.5, 0.6) is 5.75 Å². The molecule has 3 rings (SSSR count). The predicted molar refractivity (Wildman–Crippen MR) is 127 cm³/mol. The smallest absolute Gasteiger partial charge is 0.245 e. The first-order valence-corrected chi connectivity index (χ1v) is 12.0. The Morgan fingerprint density at radius 2 is 1.69 bits per heavy atom. The minimum Gasteiger partial charge on any atom is -0.492 e. The number of nitrogens with one attached hydrogen (secondary N) is 1. The fourth-order valence-corrected chi connectivity index (χ4v) is 5.15. The maximum absolute atomic E-state index is 13.4. The second-order valence-corrected chi connectivity index (χ2v) is 9.56. The summed E-state index contributed by atoms with van der Waals surface area (Å²) in [6.07, 6.45) is 0. The van der Waals surface area contributed by atoms with Crippen molar-refractivity contribution in [2.45, 2.75) is 18.4 Å². The summed E-state index contributed by atoms with van der Waals surface area (Å²) in [6, 6.07) is 20.1. The summed E-state index contributed by atoms with van der Waals surface area (Å²) < 4.78 is 33.5. The highest BCUT2D eigenvalue weighted by molar-refractivity contribution is 7.89. The highest BCUT2D eigenvalue weighted by atomic mass is 35.5. The van der Waals surface area contributed by atoms with E-state index < -0.39 is 22.5 Å². The van der Waals surface area contributed by atoms with E-state index in [4.69, 9.17) is 27.9 Å². The number of rotatable bonds is 9. The Labute approximate surface area is 197 Å². The van der Waals surface area contributed by atoms with Gasteiger partial charge >= 0.3 is 0 Å². The number of sulfonamides is 1. The van der Waals surface area contributed by atoms with Gasteiger partial charge in [0.2, 0.25) is 15.9 Å². The summed E-state index contributed by atoms with van der Waals surface area (Å²) in [5.41, 5.74) is 1.17. The highest BCUT2D eigenvalue weighted by Gasteiger charge is 2.29. The molecule has 1 amide bonds. The summed E-state index contributed by atoms with van der Waals surface area (Å²) in [6.45, 7) is 1.81. The van der Waals surface area contributed by atoms with Crippen molar-refractivity contribution < 1.29 is 17.9 Å². The summed E-state index contributed by atoms with van der Waals surface area (Å²) in [4.78, 5) is 12.7. The number of benzene rings is 3. The molecule has 0 heterocycles. The van der Waals surface area contributed by atoms with Crippen LogP contribution in [0.2, 0.25) is 10.0 Å². The number of para-hydroxylation sites is 2. The number of hydrogen-bond donors (Lipinski definition) is 1. The van der Waals surface area contributed by atoms with Crippen molar-refractivity contribution in [1.29, 1.82) is 0 Å². The molecule has 0 saturated heterocycles. The SMILES string of the molecule is CCOc1ccccc1NC(=O)CN(Cc1ccccc1)S(=O)(=O)c1cc(Cl)ccc1Cl. The van der Waals surface area contributed by atoms with Crippen LogP contribution in [0.25, 0.3) is 0 Å². The number of halogens is 2. The lowest BCUT2D eigenvalue weighted by Crippen LogP contribution is -2.37. The van der Waals surface area contributed by atoms with Gasteiger partial charge in [0.25, 0.3) is 0 Å². The second-order valence-electron chi connectivity index (χ2n) is 6.81. The third-order valence-electron chi connectivity index (χ3n) is 4.49. The molecular formula is C23H22Cl2N2O4S. The first-order valence-electron chi connectivity index (χ1n) is 9.82. The van der Waals surface area contributed by atoms with Gasteiger partial charge in [-0.1, -0.05) is 65.7 Å². The molecule has 6 nitrogen and oxygen atoms in total. The van der Waals surface area contributed by atoms with Gasteiger partial charge in [-0.3, -0.25) is 4.79 Å². The fraction of sp³-hybridized carbons (Fsp3) is 0.174. The van der Waals surface area contributed by atoms with E-state index in [2.05, 4.69) is 5.32 Å². The number of ether oxygens (including phenoxy) is 1. The van der Waals surface area contributed by atoms with Gasteiger partial charge in [-0.05, 0) is 42.8 Å². The van der Waals surface area contributed by atoms with Crippen LogP contribution in [-0.4, -0.2) is 31.8 Å². The molecule has 0 spiro atoms. The molecule has 0 saturated carbocycles. The predicted octanol–water partition coefficient (Wildman–Crippen LogP) is 5.22. The Hall–Kier alpha value is -2.58. The van der Waals surface area contributed by atoms with Crippen molar-refractivity contribution in [2.75, 3.05) is 18.5 Å². The monoisotopic (exact) mass is 492 g/mol. The van der Waals surface area contributed by atoms with E-state index in [1.54, 1.807) is 48.5 Å². The normalized spacial score (nSPS) is 11.4. The number of hydrogen-bond acceptors (Lipinski definition) is 4. The van der Waals surface area contributed by atoms with Gasteiger partial charge in [0.15, 0.2) is 0 Å². The van der Waals surface area contributed by atoms with Crippen LogP contribution in [0.15, 0.2) is 77.7 Å². The van der Waals surface area contributed by atoms with Crippen LogP contribution in [-0.2, 0) is 21.4 Å². The third kappa shape index (κ3) is 6.01. The van der Waals surface area contributed by atoms with Crippen molar-refractivity contribution in [2.24, 2.45) is 0 Å². The van der Waals surface area contributed by atoms with Crippen LogP contribution < -0.4 is 10.1 Å². The van der Waals surface area contributed by atoms with E-state index in [0.29, 0.717) is 18.0 Å². The molecule has 0 atom stereocenters. The van der Waals surface area contributed by atoms with Crippen molar-refractivity contribution in [1.82, 2.24) is 4.31 Å². The topological polar surface area (TPSA) is 75.7 Å². The largest absolute Gasteiger partial charge is 0.492 e. The second kappa shape index (κ2) is 10.8. The molecule has 0 aliphatic carbocycles. The molecule has 3 aromatic carbocycles. The van der Waals surface area contributed by atoms with Gasteiger partial charge in [-0.25, -0.2) is 8.42 Å². The van der Waals surface area contributed by atoms with E-state index in [-0.39, 0.29) is 21.5 Å². The lowest BCUT2D eigenvalue weighted by atomic mass is 10.2. The number of amides is 1. The van der Waals surface area contributed by atoms with Crippen molar-refractivity contribution in [3.63, 3.8) is 0 Å². The maximum atomic E-state index is 13.4. The summed E-state index contributed by atoms with van der Waals surface area (Å²) in [7, 11) is -4.14. The number of nitrogens with zero attached hydrogens (tertiary/aromatic N) is 1. The minimum absolute atomic E-state index is 0.0213. The Kier molecular flexibility index (Phi) is 8.15. The van der Waals surface area contributed by atoms with E-state index in [0.717, 1.165) is 9.87 Å². The van der Waals surface area contributed by atoms with Gasteiger partial charge in [0.05, 0.1) is 23.9 Å². The first-order chi connectivity index (χ1) is 15.3. The molecule has 0 unspecified atom stereocenters. The zero-order valence-corrected chi connectivity index (χ0v) is 19.6. The standard InChI is InChI=1S/C23H22Cl2N2O4S/c1-2-31-21-11-7-6-10-20(21)26-23(28)16-27(15-17-8-4-3-5-9-17)32(29,30)22-14-18(24)12-13-19(22)25/h3-14H,2,15-16H2,1H3,(H,26,28). The summed E-state index contributed by atoms with van der Waals surface area (Å²) in [5.74, 6) is -0.0199. The highest BCUT2D eigenvalue weighted by Crippen LogP contribution is 2.29. The van der Waals surface area contributed by atoms with Gasteiger partial charge in [-0.15, -0.1) is 0 Å². The van der Waals surface area contributed by atoms with Crippen LogP contribution in [0, 0.1) is 0 Å². The van der Waals surface area contributed by atoms with Crippen LogP contribution in [0.4, 0.5) is 5.69 Å². The van der Waals surface area contributed by atoms with E-state index in [1.807, 2.05) is 13.0 Å². The first kappa shape index (κ1) is 24.1. The van der Waals surface area contributed by atoms with Crippen LogP contribution in [0.1, 0.15) is 12.5 Å². The Balaban J connectivity index is 1.91. The molecule has 0 radical (unpaired) electrons. The third-order valence-corrected chi connectivity index (χ3v) is 7.00. The van der Waals surface area contributed by atoms with E-state index >= 15 is 0 Å². The lowest BCUT2D eigenvalue weighted by Gasteiger charge is -2.23. The fourth-order valence-electron chi connectivity index (χ4n) is 3.03. The molecule has 1 N–H and O–H groups in total. The van der Waals surface area contributed by atoms with E-state index in [9.17, 15) is 13.2 Å². The van der Waals surface area contributed by atoms with Gasteiger partial charge in [-0.2, -0.15) is 4.31 Å². The van der Waals surface area contributed by atoms with Crippen molar-refractivity contribution in [3.05, 3.63) is 88.4 Å². The lowest BCUT2D eigenvalue weighted by molar-refractivity contribution is -0.116. The Morgan fingerprint density at radius 3 is 2.41 bits per heavy atom. The van der Waals surface area contributed by atoms with Gasteiger partial charge in [0.1, 0.15) is 10.6 Å². The molecular weight excluding hydrogens is 471 g/mol. The molecule has 3 aromatic rings. The molecule has 32 heavy (non-hydrogen) atoms. The van der Waals surface area contributed by atoms with Crippen LogP contribution >= 0.6 is 23.2 Å². The van der Waals surface area contributed by atoms with Gasteiger partial charge < -0.3 is 10.1 Å². The molecule has 168 valence electrons. The molecule has 0 aliphatic rings. The average Bonchev–Trinajstić information content (AvgIpc) is 2.77. The average molecular weight is 493 g/mol. The molecule has 9 heteroatoms. The van der Waals surface area contributed by atoms with Crippen molar-refractivity contribution in [3.8, 4) is 5.75 Å². The minimum atomic E-state index is -4.14. The zero-order chi connectivity index (χ0) is 23.1. The van der Waals surface area contributed by atoms with Crippen molar-refractivity contribution >= 4 is 44.8 Å². The molecule has 0 aromatic heterocycles. The van der Waals surface area contributed by atoms with E-state index in [1.165, 1.54) is 18.2 Å². The Morgan fingerprint density at radius 1 is 1.00 bits per heavy atom. The number of anilines is 1. The van der Waals surface area contributed by atoms with Crippen LogP contribution in [0.3, 0.4) is 0 Å². The van der Waals surface area contributed by atoms with Gasteiger partial charge in [0, 0.05) is 11.6 Å². The molecule has 0 aliphatic heterocycles. The summed E-state index contributed by atoms with van der Waals surface area (Å²) >= 11 is 12.2.